The topological polar surface area (TPSA) is 135 Å². The molecule has 0 aliphatic carbocycles. The maximum absolute atomic E-state index is 12.3. The Labute approximate surface area is 147 Å². The standard InChI is InChI=1S/C16H13NO8S/c1-23-11-6-12(18)16-13(19)8-14(24-15(16)7-11)9-2-4-10(5-3-9)25-17-26(20,21)22/h2-8,17-18H,1H3,(H,20,21,22). The van der Waals surface area contributed by atoms with Crippen LogP contribution in [0, 0.1) is 0 Å². The average molecular weight is 379 g/mol. The molecule has 0 unspecified atom stereocenters. The van der Waals surface area contributed by atoms with Crippen LogP contribution in [0.5, 0.6) is 17.2 Å². The van der Waals surface area contributed by atoms with E-state index < -0.39 is 15.7 Å². The number of benzene rings is 2. The lowest BCUT2D eigenvalue weighted by molar-refractivity contribution is 0.251. The number of fused-ring (bicyclic) bond motifs is 1. The van der Waals surface area contributed by atoms with Gasteiger partial charge in [0.05, 0.1) is 7.11 Å². The molecule has 0 bridgehead atoms. The summed E-state index contributed by atoms with van der Waals surface area (Å²) >= 11 is 0. The molecule has 3 N–H and O–H groups in total. The highest BCUT2D eigenvalue weighted by Crippen LogP contribution is 2.31. The Morgan fingerprint density at radius 1 is 1.08 bits per heavy atom. The molecule has 0 fully saturated rings. The van der Waals surface area contributed by atoms with E-state index in [1.165, 1.54) is 54.5 Å². The quantitative estimate of drug-likeness (QED) is 0.451. The monoisotopic (exact) mass is 379 g/mol. The number of ether oxygens (including phenoxy) is 1. The maximum Gasteiger partial charge on any atom is 0.364 e. The zero-order valence-electron chi connectivity index (χ0n) is 13.3. The van der Waals surface area contributed by atoms with Gasteiger partial charge in [-0.15, -0.1) is 0 Å². The van der Waals surface area contributed by atoms with Crippen LogP contribution >= 0.6 is 0 Å². The summed E-state index contributed by atoms with van der Waals surface area (Å²) < 4.78 is 40.4. The number of aromatic hydroxyl groups is 1. The third-order valence-electron chi connectivity index (χ3n) is 3.42. The van der Waals surface area contributed by atoms with Gasteiger partial charge in [0, 0.05) is 23.8 Å². The van der Waals surface area contributed by atoms with Crippen LogP contribution in [0.2, 0.25) is 0 Å². The lowest BCUT2D eigenvalue weighted by Crippen LogP contribution is -2.25. The summed E-state index contributed by atoms with van der Waals surface area (Å²) in [7, 11) is -3.07. The van der Waals surface area contributed by atoms with Crippen molar-refractivity contribution in [2.75, 3.05) is 7.11 Å². The van der Waals surface area contributed by atoms with Gasteiger partial charge in [0.25, 0.3) is 0 Å². The van der Waals surface area contributed by atoms with Crippen LogP contribution in [0.25, 0.3) is 22.3 Å². The number of methoxy groups -OCH3 is 1. The first kappa shape index (κ1) is 17.7. The van der Waals surface area contributed by atoms with Gasteiger partial charge in [0.15, 0.2) is 5.43 Å². The van der Waals surface area contributed by atoms with Crippen LogP contribution in [0.3, 0.4) is 0 Å². The molecular formula is C16H13NO8S. The molecule has 1 heterocycles. The highest BCUT2D eigenvalue weighted by molar-refractivity contribution is 7.83. The van der Waals surface area contributed by atoms with Crippen molar-refractivity contribution in [2.45, 2.75) is 0 Å². The molecule has 2 aromatic carbocycles. The van der Waals surface area contributed by atoms with E-state index in [0.29, 0.717) is 11.3 Å². The summed E-state index contributed by atoms with van der Waals surface area (Å²) in [5.74, 6) is 0.410. The van der Waals surface area contributed by atoms with Gasteiger partial charge in [-0.05, 0) is 29.2 Å². The Balaban J connectivity index is 1.99. The number of phenolic OH excluding ortho intramolecular Hbond substituents is 1. The van der Waals surface area contributed by atoms with Crippen LogP contribution in [-0.4, -0.2) is 25.2 Å². The smallest absolute Gasteiger partial charge is 0.364 e. The van der Waals surface area contributed by atoms with E-state index in [9.17, 15) is 18.3 Å². The Kier molecular flexibility index (Phi) is 4.55. The normalized spacial score (nSPS) is 11.5. The fraction of sp³-hybridized carbons (Fsp3) is 0.0625. The lowest BCUT2D eigenvalue weighted by atomic mass is 10.1. The molecule has 3 aromatic rings. The third-order valence-corrected chi connectivity index (χ3v) is 3.72. The van der Waals surface area contributed by atoms with Crippen molar-refractivity contribution in [1.82, 2.24) is 4.89 Å². The van der Waals surface area contributed by atoms with Crippen molar-refractivity contribution >= 4 is 21.3 Å². The van der Waals surface area contributed by atoms with E-state index in [-0.39, 0.29) is 28.2 Å². The van der Waals surface area contributed by atoms with E-state index in [2.05, 4.69) is 4.84 Å². The average Bonchev–Trinajstić information content (AvgIpc) is 2.59. The highest BCUT2D eigenvalue weighted by Gasteiger charge is 2.13. The zero-order valence-corrected chi connectivity index (χ0v) is 14.1. The molecule has 0 aliphatic rings. The fourth-order valence-electron chi connectivity index (χ4n) is 2.29. The molecule has 9 nitrogen and oxygen atoms in total. The van der Waals surface area contributed by atoms with Gasteiger partial charge in [-0.3, -0.25) is 9.35 Å². The summed E-state index contributed by atoms with van der Waals surface area (Å²) in [6.07, 6.45) is 0. The van der Waals surface area contributed by atoms with Crippen LogP contribution in [-0.2, 0) is 10.3 Å². The molecule has 26 heavy (non-hydrogen) atoms. The zero-order chi connectivity index (χ0) is 18.9. The van der Waals surface area contributed by atoms with Crippen molar-refractivity contribution in [2.24, 2.45) is 0 Å². The number of rotatable bonds is 5. The van der Waals surface area contributed by atoms with E-state index in [1.54, 1.807) is 0 Å². The van der Waals surface area contributed by atoms with Crippen LogP contribution < -0.4 is 19.9 Å². The maximum atomic E-state index is 12.3. The van der Waals surface area contributed by atoms with Crippen molar-refractivity contribution in [3.63, 3.8) is 0 Å². The van der Waals surface area contributed by atoms with Crippen molar-refractivity contribution in [3.05, 3.63) is 52.7 Å². The predicted octanol–water partition coefficient (Wildman–Crippen LogP) is 1.86. The molecule has 0 radical (unpaired) electrons. The minimum atomic E-state index is -4.49. The largest absolute Gasteiger partial charge is 0.507 e. The molecule has 3 rings (SSSR count). The summed E-state index contributed by atoms with van der Waals surface area (Å²) in [5, 5.41) is 9.99. The molecule has 0 spiro atoms. The number of hydrogen-bond acceptors (Lipinski definition) is 7. The summed E-state index contributed by atoms with van der Waals surface area (Å²) in [6.45, 7) is 0. The Morgan fingerprint density at radius 3 is 2.38 bits per heavy atom. The van der Waals surface area contributed by atoms with Gasteiger partial charge in [-0.25, -0.2) is 0 Å². The molecule has 10 heteroatoms. The SMILES string of the molecule is COc1cc(O)c2c(=O)cc(-c3ccc(ONS(=O)(=O)O)cc3)oc2c1. The van der Waals surface area contributed by atoms with E-state index in [1.807, 2.05) is 0 Å². The van der Waals surface area contributed by atoms with Crippen LogP contribution in [0.1, 0.15) is 0 Å². The highest BCUT2D eigenvalue weighted by atomic mass is 32.2. The molecule has 0 saturated heterocycles. The summed E-state index contributed by atoms with van der Waals surface area (Å²) in [6, 6.07) is 9.86. The van der Waals surface area contributed by atoms with Crippen molar-refractivity contribution < 1.29 is 32.1 Å². The number of phenols is 1. The van der Waals surface area contributed by atoms with E-state index >= 15 is 0 Å². The molecule has 0 atom stereocenters. The van der Waals surface area contributed by atoms with Crippen LogP contribution in [0.4, 0.5) is 0 Å². The van der Waals surface area contributed by atoms with Crippen LogP contribution in [0.15, 0.2) is 51.7 Å². The molecule has 0 amide bonds. The van der Waals surface area contributed by atoms with E-state index in [0.717, 1.165) is 0 Å². The second kappa shape index (κ2) is 6.67. The van der Waals surface area contributed by atoms with Crippen molar-refractivity contribution in [3.8, 4) is 28.6 Å². The third kappa shape index (κ3) is 3.77. The van der Waals surface area contributed by atoms with Gasteiger partial charge in [-0.2, -0.15) is 8.42 Å². The summed E-state index contributed by atoms with van der Waals surface area (Å²) in [4.78, 5) is 18.4. The second-order valence-electron chi connectivity index (χ2n) is 5.18. The molecule has 136 valence electrons. The molecule has 1 aromatic heterocycles. The number of nitrogens with one attached hydrogen (secondary N) is 1. The van der Waals surface area contributed by atoms with Crippen molar-refractivity contribution in [1.29, 1.82) is 0 Å². The fourth-order valence-corrected chi connectivity index (χ4v) is 2.49. The van der Waals surface area contributed by atoms with E-state index in [4.69, 9.17) is 13.7 Å². The van der Waals surface area contributed by atoms with Gasteiger partial charge >= 0.3 is 10.3 Å². The van der Waals surface area contributed by atoms with Gasteiger partial charge in [0.1, 0.15) is 34.0 Å². The first-order chi connectivity index (χ1) is 12.3. The molecule has 0 saturated carbocycles. The lowest BCUT2D eigenvalue weighted by Gasteiger charge is -2.08. The Bertz CT molecular complexity index is 1120. The summed E-state index contributed by atoms with van der Waals surface area (Å²) in [5.41, 5.74) is 0.220. The first-order valence-electron chi connectivity index (χ1n) is 7.13. The minimum Gasteiger partial charge on any atom is -0.507 e. The molecule has 0 aliphatic heterocycles. The molecular weight excluding hydrogens is 366 g/mol. The predicted molar refractivity (Wildman–Crippen MR) is 91.4 cm³/mol. The Morgan fingerprint density at radius 2 is 1.77 bits per heavy atom. The number of hydrogen-bond donors (Lipinski definition) is 3. The van der Waals surface area contributed by atoms with Gasteiger partial charge in [0.2, 0.25) is 0 Å². The minimum absolute atomic E-state index is 0.0341. The second-order valence-corrected chi connectivity index (χ2v) is 6.30. The Hall–Kier alpha value is -3.08. The van der Waals surface area contributed by atoms with Gasteiger partial charge in [-0.1, -0.05) is 0 Å². The van der Waals surface area contributed by atoms with Gasteiger partial charge < -0.3 is 19.1 Å². The first-order valence-corrected chi connectivity index (χ1v) is 8.57.